The molecule has 0 spiro atoms. The zero-order chi connectivity index (χ0) is 13.9. The molecule has 0 aliphatic carbocycles. The standard InChI is InChI=1S/C15H22N4O/c16-8-3-9-18-10-6-12(7-11-18)19-14-5-2-1-4-13(14)17-15(19)20/h1-2,4-5,12H,3,6-11,16H2,(H,17,20). The number of hydrogen-bond donors (Lipinski definition) is 2. The van der Waals surface area contributed by atoms with Crippen molar-refractivity contribution >= 4 is 11.0 Å². The fourth-order valence-electron chi connectivity index (χ4n) is 3.15. The third-order valence-electron chi connectivity index (χ3n) is 4.22. The lowest BCUT2D eigenvalue weighted by atomic mass is 10.0. The Labute approximate surface area is 118 Å². The topological polar surface area (TPSA) is 67.0 Å². The Hall–Kier alpha value is -1.59. The molecule has 0 saturated carbocycles. The highest BCUT2D eigenvalue weighted by Crippen LogP contribution is 2.24. The van der Waals surface area contributed by atoms with Crippen molar-refractivity contribution in [2.24, 2.45) is 5.73 Å². The second-order valence-electron chi connectivity index (χ2n) is 5.53. The minimum atomic E-state index is 0.0200. The van der Waals surface area contributed by atoms with Gasteiger partial charge in [0.1, 0.15) is 0 Å². The minimum Gasteiger partial charge on any atom is -0.330 e. The highest BCUT2D eigenvalue weighted by molar-refractivity contribution is 5.75. The average molecular weight is 274 g/mol. The molecule has 1 aliphatic rings. The summed E-state index contributed by atoms with van der Waals surface area (Å²) in [6, 6.07) is 8.24. The van der Waals surface area contributed by atoms with E-state index in [0.29, 0.717) is 6.04 Å². The predicted molar refractivity (Wildman–Crippen MR) is 80.9 cm³/mol. The van der Waals surface area contributed by atoms with Crippen LogP contribution in [0.5, 0.6) is 0 Å². The number of nitrogens with two attached hydrogens (primary N) is 1. The third kappa shape index (κ3) is 2.51. The maximum atomic E-state index is 12.2. The lowest BCUT2D eigenvalue weighted by Crippen LogP contribution is -2.37. The van der Waals surface area contributed by atoms with Gasteiger partial charge in [0.15, 0.2) is 0 Å². The SMILES string of the molecule is NCCCN1CCC(n2c(=O)[nH]c3ccccc32)CC1. The summed E-state index contributed by atoms with van der Waals surface area (Å²) in [4.78, 5) is 17.6. The first-order valence-electron chi connectivity index (χ1n) is 7.41. The van der Waals surface area contributed by atoms with E-state index in [-0.39, 0.29) is 5.69 Å². The maximum absolute atomic E-state index is 12.2. The minimum absolute atomic E-state index is 0.0200. The van der Waals surface area contributed by atoms with Gasteiger partial charge in [0.25, 0.3) is 0 Å². The first-order valence-corrected chi connectivity index (χ1v) is 7.41. The molecule has 3 rings (SSSR count). The molecule has 2 heterocycles. The molecule has 0 atom stereocenters. The van der Waals surface area contributed by atoms with Crippen molar-refractivity contribution in [2.75, 3.05) is 26.2 Å². The van der Waals surface area contributed by atoms with E-state index in [1.54, 1.807) is 0 Å². The van der Waals surface area contributed by atoms with Gasteiger partial charge >= 0.3 is 5.69 Å². The van der Waals surface area contributed by atoms with Crippen molar-refractivity contribution in [1.82, 2.24) is 14.5 Å². The number of piperidine rings is 1. The van der Waals surface area contributed by atoms with E-state index in [0.717, 1.165) is 56.5 Å². The molecule has 1 aromatic heterocycles. The van der Waals surface area contributed by atoms with Crippen LogP contribution in [0.3, 0.4) is 0 Å². The Bertz CT molecular complexity index is 622. The Balaban J connectivity index is 1.77. The van der Waals surface area contributed by atoms with Crippen molar-refractivity contribution in [2.45, 2.75) is 25.3 Å². The number of nitrogens with zero attached hydrogens (tertiary/aromatic N) is 2. The molecule has 0 bridgehead atoms. The van der Waals surface area contributed by atoms with Crippen LogP contribution in [0.2, 0.25) is 0 Å². The van der Waals surface area contributed by atoms with Gasteiger partial charge in [0, 0.05) is 19.1 Å². The van der Waals surface area contributed by atoms with E-state index in [9.17, 15) is 4.79 Å². The van der Waals surface area contributed by atoms with Gasteiger partial charge in [0.05, 0.1) is 11.0 Å². The molecule has 2 aromatic rings. The predicted octanol–water partition coefficient (Wildman–Crippen LogP) is 1.32. The van der Waals surface area contributed by atoms with Crippen molar-refractivity contribution in [3.8, 4) is 0 Å². The Kier molecular flexibility index (Phi) is 3.89. The smallest absolute Gasteiger partial charge is 0.326 e. The molecule has 0 unspecified atom stereocenters. The summed E-state index contributed by atoms with van der Waals surface area (Å²) in [6.07, 6.45) is 3.12. The molecular weight excluding hydrogens is 252 g/mol. The molecule has 1 aliphatic heterocycles. The van der Waals surface area contributed by atoms with Crippen molar-refractivity contribution in [3.05, 3.63) is 34.7 Å². The van der Waals surface area contributed by atoms with Crippen LogP contribution in [-0.2, 0) is 0 Å². The number of benzene rings is 1. The zero-order valence-corrected chi connectivity index (χ0v) is 11.7. The number of aromatic amines is 1. The summed E-state index contributed by atoms with van der Waals surface area (Å²) in [7, 11) is 0. The summed E-state index contributed by atoms with van der Waals surface area (Å²) >= 11 is 0. The van der Waals surface area contributed by atoms with Crippen molar-refractivity contribution in [3.63, 3.8) is 0 Å². The molecule has 108 valence electrons. The van der Waals surface area contributed by atoms with Gasteiger partial charge in [-0.2, -0.15) is 0 Å². The molecule has 1 aromatic carbocycles. The molecular formula is C15H22N4O. The zero-order valence-electron chi connectivity index (χ0n) is 11.7. The maximum Gasteiger partial charge on any atom is 0.326 e. The quantitative estimate of drug-likeness (QED) is 0.883. The van der Waals surface area contributed by atoms with Crippen LogP contribution in [0.25, 0.3) is 11.0 Å². The van der Waals surface area contributed by atoms with Gasteiger partial charge in [-0.3, -0.25) is 4.57 Å². The monoisotopic (exact) mass is 274 g/mol. The first kappa shape index (κ1) is 13.4. The molecule has 3 N–H and O–H groups in total. The van der Waals surface area contributed by atoms with Gasteiger partial charge in [-0.05, 0) is 44.5 Å². The Morgan fingerprint density at radius 1 is 1.25 bits per heavy atom. The van der Waals surface area contributed by atoms with Gasteiger partial charge in [-0.1, -0.05) is 12.1 Å². The molecule has 5 nitrogen and oxygen atoms in total. The molecule has 1 saturated heterocycles. The summed E-state index contributed by atoms with van der Waals surface area (Å²) in [5.41, 5.74) is 7.54. The summed E-state index contributed by atoms with van der Waals surface area (Å²) in [5, 5.41) is 0. The number of para-hydroxylation sites is 2. The lowest BCUT2D eigenvalue weighted by Gasteiger charge is -2.32. The first-order chi connectivity index (χ1) is 9.79. The number of nitrogens with one attached hydrogen (secondary N) is 1. The Morgan fingerprint density at radius 2 is 2.00 bits per heavy atom. The van der Waals surface area contributed by atoms with Crippen molar-refractivity contribution < 1.29 is 0 Å². The van der Waals surface area contributed by atoms with Crippen LogP contribution in [0.15, 0.2) is 29.1 Å². The summed E-state index contributed by atoms with van der Waals surface area (Å²) in [5.74, 6) is 0. The summed E-state index contributed by atoms with van der Waals surface area (Å²) < 4.78 is 1.94. The molecule has 0 radical (unpaired) electrons. The second-order valence-corrected chi connectivity index (χ2v) is 5.53. The number of rotatable bonds is 4. The van der Waals surface area contributed by atoms with Crippen LogP contribution in [0.4, 0.5) is 0 Å². The van der Waals surface area contributed by atoms with E-state index in [2.05, 4.69) is 9.88 Å². The second kappa shape index (κ2) is 5.81. The number of H-pyrrole nitrogens is 1. The van der Waals surface area contributed by atoms with E-state index in [1.165, 1.54) is 0 Å². The number of fused-ring (bicyclic) bond motifs is 1. The highest BCUT2D eigenvalue weighted by atomic mass is 16.1. The van der Waals surface area contributed by atoms with Crippen LogP contribution in [-0.4, -0.2) is 40.6 Å². The normalized spacial score (nSPS) is 17.9. The fourth-order valence-corrected chi connectivity index (χ4v) is 3.15. The number of aromatic nitrogens is 2. The van der Waals surface area contributed by atoms with Crippen LogP contribution >= 0.6 is 0 Å². The van der Waals surface area contributed by atoms with Gasteiger partial charge < -0.3 is 15.6 Å². The van der Waals surface area contributed by atoms with Crippen molar-refractivity contribution in [1.29, 1.82) is 0 Å². The number of likely N-dealkylation sites (tertiary alicyclic amines) is 1. The molecule has 1 fully saturated rings. The third-order valence-corrected chi connectivity index (χ3v) is 4.22. The van der Waals surface area contributed by atoms with Gasteiger partial charge in [-0.25, -0.2) is 4.79 Å². The van der Waals surface area contributed by atoms with E-state index < -0.39 is 0 Å². The summed E-state index contributed by atoms with van der Waals surface area (Å²) in [6.45, 7) is 3.93. The molecule has 0 amide bonds. The lowest BCUT2D eigenvalue weighted by molar-refractivity contribution is 0.186. The van der Waals surface area contributed by atoms with Crippen LogP contribution in [0.1, 0.15) is 25.3 Å². The van der Waals surface area contributed by atoms with Gasteiger partial charge in [-0.15, -0.1) is 0 Å². The van der Waals surface area contributed by atoms with Crippen LogP contribution in [0, 0.1) is 0 Å². The average Bonchev–Trinajstić information content (AvgIpc) is 2.81. The Morgan fingerprint density at radius 3 is 2.75 bits per heavy atom. The van der Waals surface area contributed by atoms with E-state index in [1.807, 2.05) is 28.8 Å². The van der Waals surface area contributed by atoms with Gasteiger partial charge in [0.2, 0.25) is 0 Å². The van der Waals surface area contributed by atoms with E-state index in [4.69, 9.17) is 5.73 Å². The number of imidazole rings is 1. The largest absolute Gasteiger partial charge is 0.330 e. The fraction of sp³-hybridized carbons (Fsp3) is 0.533. The molecule has 20 heavy (non-hydrogen) atoms. The van der Waals surface area contributed by atoms with Crippen LogP contribution < -0.4 is 11.4 Å². The van der Waals surface area contributed by atoms with E-state index >= 15 is 0 Å². The highest BCUT2D eigenvalue weighted by Gasteiger charge is 2.22. The molecule has 5 heteroatoms. The number of hydrogen-bond acceptors (Lipinski definition) is 3.